The van der Waals surface area contributed by atoms with Crippen molar-refractivity contribution in [1.82, 2.24) is 0 Å². The molecule has 2 unspecified atom stereocenters. The van der Waals surface area contributed by atoms with Crippen molar-refractivity contribution in [2.45, 2.75) is 24.9 Å². The van der Waals surface area contributed by atoms with E-state index in [2.05, 4.69) is 0 Å². The maximum atomic E-state index is 9.90. The molecule has 0 aliphatic heterocycles. The Morgan fingerprint density at radius 1 is 0.947 bits per heavy atom. The molecule has 0 amide bonds. The van der Waals surface area contributed by atoms with Crippen LogP contribution < -0.4 is 10.2 Å². The third-order valence-electron chi connectivity index (χ3n) is 1.79. The van der Waals surface area contributed by atoms with Crippen molar-refractivity contribution in [2.24, 2.45) is 0 Å². The van der Waals surface area contributed by atoms with E-state index >= 15 is 0 Å². The second-order valence-electron chi connectivity index (χ2n) is 3.31. The summed E-state index contributed by atoms with van der Waals surface area (Å²) >= 11 is 3.07. The van der Waals surface area contributed by atoms with E-state index in [0.717, 1.165) is 0 Å². The number of carboxylic acids is 2. The van der Waals surface area contributed by atoms with E-state index in [1.165, 1.54) is 23.5 Å². The average molecular weight is 358 g/mol. The van der Waals surface area contributed by atoms with Crippen molar-refractivity contribution in [1.29, 1.82) is 0 Å². The molecule has 0 aromatic heterocycles. The van der Waals surface area contributed by atoms with Crippen molar-refractivity contribution < 1.29 is 36.9 Å². The first-order chi connectivity index (χ1) is 8.36. The van der Waals surface area contributed by atoms with Crippen molar-refractivity contribution in [2.75, 3.05) is 24.0 Å². The number of hydrogen-bond acceptors (Lipinski definition) is 6. The van der Waals surface area contributed by atoms with Crippen LogP contribution >= 0.6 is 23.5 Å². The Kier molecular flexibility index (Phi) is 20.5. The van der Waals surface area contributed by atoms with Crippen molar-refractivity contribution in [3.05, 3.63) is 11.5 Å². The van der Waals surface area contributed by atoms with Gasteiger partial charge in [-0.15, -0.1) is 0 Å². The van der Waals surface area contributed by atoms with Crippen LogP contribution in [0.3, 0.4) is 0 Å². The van der Waals surface area contributed by atoms with Crippen LogP contribution in [0, 0.1) is 0 Å². The molecule has 9 heteroatoms. The predicted octanol–water partition coefficient (Wildman–Crippen LogP) is -0.182. The van der Waals surface area contributed by atoms with Crippen molar-refractivity contribution in [3.63, 3.8) is 0 Å². The minimum atomic E-state index is -1.27. The molecule has 1 radical (unpaired) electrons. The molecule has 6 nitrogen and oxygen atoms in total. The minimum absolute atomic E-state index is 0. The Morgan fingerprint density at radius 2 is 1.21 bits per heavy atom. The van der Waals surface area contributed by atoms with Crippen LogP contribution in [0.4, 0.5) is 0 Å². The predicted molar refractivity (Wildman–Crippen MR) is 72.2 cm³/mol. The van der Waals surface area contributed by atoms with Crippen LogP contribution in [-0.2, 0) is 26.7 Å². The molecule has 119 valence electrons. The summed E-state index contributed by atoms with van der Waals surface area (Å²) in [4.78, 5) is 19.8. The van der Waals surface area contributed by atoms with Gasteiger partial charge in [0.2, 0.25) is 0 Å². The maximum absolute atomic E-state index is 9.90. The summed E-state index contributed by atoms with van der Waals surface area (Å²) in [6.45, 7) is 0. The van der Waals surface area contributed by atoms with Gasteiger partial charge in [0, 0.05) is 29.0 Å². The van der Waals surface area contributed by atoms with Gasteiger partial charge in [-0.05, 0) is 24.0 Å². The average Bonchev–Trinajstić information content (AvgIpc) is 2.33. The first-order valence-corrected chi connectivity index (χ1v) is 7.97. The van der Waals surface area contributed by atoms with E-state index < -0.39 is 24.0 Å². The molecule has 0 rings (SSSR count). The van der Waals surface area contributed by atoms with Crippen LogP contribution in [0.25, 0.3) is 11.5 Å². The SMILES string of the molecule is CSCCC([NH-])C(=O)[O-].CSCCC([NH-])C(=O)[O-].[Cu]. The van der Waals surface area contributed by atoms with Gasteiger partial charge in [0.1, 0.15) is 0 Å². The molecule has 0 heterocycles. The Morgan fingerprint density at radius 3 is 1.37 bits per heavy atom. The van der Waals surface area contributed by atoms with Crippen molar-refractivity contribution >= 4 is 35.5 Å². The first kappa shape index (κ1) is 24.1. The second-order valence-corrected chi connectivity index (χ2v) is 5.28. The number of carbonyl (C=O) groups is 2. The molecule has 0 aromatic carbocycles. The Labute approximate surface area is 132 Å². The molecule has 19 heavy (non-hydrogen) atoms. The molecule has 0 saturated carbocycles. The monoisotopic (exact) mass is 357 g/mol. The van der Waals surface area contributed by atoms with E-state index in [0.29, 0.717) is 24.3 Å². The molecule has 0 aliphatic rings. The number of thioether (sulfide) groups is 2. The standard InChI is InChI=1S/2C5H10NO2S.Cu/c2*1-9-3-2-4(6)5(7)8;/h2*4,6H,2-3H2,1H3,(H,7,8);/q2*-1;/p-2. The van der Waals surface area contributed by atoms with Gasteiger partial charge in [0.05, 0.1) is 0 Å². The van der Waals surface area contributed by atoms with Gasteiger partial charge in [-0.3, -0.25) is 0 Å². The quantitative estimate of drug-likeness (QED) is 0.554. The van der Waals surface area contributed by atoms with Gasteiger partial charge in [-0.2, -0.15) is 23.5 Å². The number of hydrogen-bond donors (Lipinski definition) is 0. The third-order valence-corrected chi connectivity index (χ3v) is 3.08. The molecule has 0 bridgehead atoms. The zero-order valence-electron chi connectivity index (χ0n) is 10.7. The van der Waals surface area contributed by atoms with Crippen LogP contribution in [0.15, 0.2) is 0 Å². The number of rotatable bonds is 8. The first-order valence-electron chi connectivity index (χ1n) is 5.18. The molecule has 0 aliphatic carbocycles. The smallest absolute Gasteiger partial charge is 0.0238 e. The fourth-order valence-corrected chi connectivity index (χ4v) is 1.65. The Hall–Kier alpha value is 0.0795. The van der Waals surface area contributed by atoms with Gasteiger partial charge < -0.3 is 31.3 Å². The van der Waals surface area contributed by atoms with E-state index in [4.69, 9.17) is 11.5 Å². The van der Waals surface area contributed by atoms with E-state index in [-0.39, 0.29) is 17.1 Å². The number of nitrogens with one attached hydrogen (secondary N) is 2. The normalized spacial score (nSPS) is 12.4. The van der Waals surface area contributed by atoms with Gasteiger partial charge in [-0.25, -0.2) is 0 Å². The zero-order chi connectivity index (χ0) is 14.6. The van der Waals surface area contributed by atoms with Crippen LogP contribution in [-0.4, -0.2) is 48.0 Å². The number of carboxylic acid groups (broad SMARTS) is 2. The molecular weight excluding hydrogens is 340 g/mol. The summed E-state index contributed by atoms with van der Waals surface area (Å²) in [5.41, 5.74) is 13.7. The second kappa shape index (κ2) is 16.1. The van der Waals surface area contributed by atoms with Crippen LogP contribution in [0.5, 0.6) is 0 Å². The summed E-state index contributed by atoms with van der Waals surface area (Å²) < 4.78 is 0. The summed E-state index contributed by atoms with van der Waals surface area (Å²) in [6.07, 6.45) is 4.51. The molecule has 0 fully saturated rings. The van der Waals surface area contributed by atoms with E-state index in [9.17, 15) is 19.8 Å². The van der Waals surface area contributed by atoms with Crippen LogP contribution in [0.1, 0.15) is 12.8 Å². The topological polar surface area (TPSA) is 128 Å². The van der Waals surface area contributed by atoms with E-state index in [1.807, 2.05) is 12.5 Å². The van der Waals surface area contributed by atoms with E-state index in [1.54, 1.807) is 0 Å². The molecule has 0 aromatic rings. The summed E-state index contributed by atoms with van der Waals surface area (Å²) in [5, 5.41) is 19.8. The fraction of sp³-hybridized carbons (Fsp3) is 0.800. The molecule has 0 saturated heterocycles. The summed E-state index contributed by atoms with van der Waals surface area (Å²) in [5.74, 6) is -1.13. The third kappa shape index (κ3) is 18.1. The molecule has 2 N–H and O–H groups in total. The van der Waals surface area contributed by atoms with Gasteiger partial charge in [0.15, 0.2) is 0 Å². The largest absolute Gasteiger partial charge is 0.670 e. The minimum Gasteiger partial charge on any atom is -0.670 e. The maximum Gasteiger partial charge on any atom is 0.0238 e. The van der Waals surface area contributed by atoms with Gasteiger partial charge in [-0.1, -0.05) is 24.9 Å². The molecule has 0 spiro atoms. The fourth-order valence-electron chi connectivity index (χ4n) is 0.707. The van der Waals surface area contributed by atoms with Gasteiger partial charge >= 0.3 is 0 Å². The number of carbonyl (C=O) groups excluding carboxylic acids is 2. The number of aliphatic carboxylic acids is 2. The molecular formula is C10H18CuN2O4S2-4. The summed E-state index contributed by atoms with van der Waals surface area (Å²) in [6, 6.07) is -2.09. The zero-order valence-corrected chi connectivity index (χ0v) is 13.3. The molecule has 2 atom stereocenters. The van der Waals surface area contributed by atoms with Crippen LogP contribution in [0.2, 0.25) is 0 Å². The van der Waals surface area contributed by atoms with Gasteiger partial charge in [0.25, 0.3) is 0 Å². The van der Waals surface area contributed by atoms with Crippen molar-refractivity contribution in [3.8, 4) is 0 Å². The Balaban J connectivity index is -0.000000256. The summed E-state index contributed by atoms with van der Waals surface area (Å²) in [7, 11) is 0. The Bertz CT molecular complexity index is 224.